The first-order valence-corrected chi connectivity index (χ1v) is 9.96. The van der Waals surface area contributed by atoms with Crippen molar-refractivity contribution in [3.8, 4) is 16.5 Å². The lowest BCUT2D eigenvalue weighted by Gasteiger charge is -2.09. The summed E-state index contributed by atoms with van der Waals surface area (Å²) in [6.45, 7) is 1.92. The zero-order valence-corrected chi connectivity index (χ0v) is 14.9. The third-order valence-electron chi connectivity index (χ3n) is 3.44. The number of aromatic amines is 1. The number of ether oxygens (including phenoxy) is 1. The quantitative estimate of drug-likeness (QED) is 0.728. The zero-order valence-electron chi connectivity index (χ0n) is 13.3. The molecule has 0 bridgehead atoms. The summed E-state index contributed by atoms with van der Waals surface area (Å²) in [5.41, 5.74) is 1.64. The van der Waals surface area contributed by atoms with E-state index in [9.17, 15) is 8.42 Å². The van der Waals surface area contributed by atoms with Crippen LogP contribution < -0.4 is 4.74 Å². The van der Waals surface area contributed by atoms with Crippen LogP contribution in [0.3, 0.4) is 0 Å². The van der Waals surface area contributed by atoms with E-state index in [1.54, 1.807) is 6.07 Å². The van der Waals surface area contributed by atoms with Crippen LogP contribution in [0.2, 0.25) is 0 Å². The minimum atomic E-state index is -3.40. The van der Waals surface area contributed by atoms with Gasteiger partial charge in [-0.3, -0.25) is 5.10 Å². The van der Waals surface area contributed by atoms with Crippen LogP contribution in [0.4, 0.5) is 0 Å². The van der Waals surface area contributed by atoms with E-state index in [4.69, 9.17) is 4.74 Å². The highest BCUT2D eigenvalue weighted by Gasteiger charge is 2.19. The molecule has 8 heteroatoms. The molecule has 0 spiro atoms. The van der Waals surface area contributed by atoms with Crippen LogP contribution in [0.1, 0.15) is 17.0 Å². The highest BCUT2D eigenvalue weighted by atomic mass is 32.2. The van der Waals surface area contributed by atoms with E-state index in [0.717, 1.165) is 10.4 Å². The fourth-order valence-corrected chi connectivity index (χ4v) is 4.40. The maximum absolute atomic E-state index is 12.5. The van der Waals surface area contributed by atoms with Crippen molar-refractivity contribution in [2.75, 3.05) is 7.11 Å². The zero-order chi connectivity index (χ0) is 17.2. The molecule has 1 N–H and O–H groups in total. The van der Waals surface area contributed by atoms with Crippen molar-refractivity contribution in [1.82, 2.24) is 15.2 Å². The Hall–Kier alpha value is -2.19. The molecular formula is C16H17N3O3S2. The van der Waals surface area contributed by atoms with Gasteiger partial charge in [-0.2, -0.15) is 5.10 Å². The molecule has 0 unspecified atom stereocenters. The number of methoxy groups -OCH3 is 1. The number of H-pyrrole nitrogens is 1. The molecule has 0 saturated heterocycles. The van der Waals surface area contributed by atoms with E-state index in [2.05, 4.69) is 15.2 Å². The summed E-state index contributed by atoms with van der Waals surface area (Å²) in [5.74, 6) is 1.13. The van der Waals surface area contributed by atoms with Crippen molar-refractivity contribution in [2.24, 2.45) is 0 Å². The Balaban J connectivity index is 1.78. The number of thiophene rings is 1. The van der Waals surface area contributed by atoms with Crippen LogP contribution >= 0.6 is 11.3 Å². The summed E-state index contributed by atoms with van der Waals surface area (Å²) in [6.07, 6.45) is 0. The normalized spacial score (nSPS) is 11.6. The number of sulfone groups is 1. The Kier molecular flexibility index (Phi) is 4.68. The molecule has 3 aromatic rings. The molecule has 6 nitrogen and oxygen atoms in total. The number of hydrogen-bond acceptors (Lipinski definition) is 6. The Morgan fingerprint density at radius 3 is 2.79 bits per heavy atom. The van der Waals surface area contributed by atoms with Crippen molar-refractivity contribution < 1.29 is 13.2 Å². The minimum absolute atomic E-state index is 0.104. The minimum Gasteiger partial charge on any atom is -0.496 e. The summed E-state index contributed by atoms with van der Waals surface area (Å²) in [4.78, 5) is 5.17. The fourth-order valence-electron chi connectivity index (χ4n) is 2.39. The van der Waals surface area contributed by atoms with Crippen molar-refractivity contribution in [3.05, 3.63) is 52.7 Å². The van der Waals surface area contributed by atoms with Crippen molar-refractivity contribution in [3.63, 3.8) is 0 Å². The number of hydrogen-bond donors (Lipinski definition) is 1. The van der Waals surface area contributed by atoms with Crippen molar-refractivity contribution in [2.45, 2.75) is 18.4 Å². The lowest BCUT2D eigenvalue weighted by molar-refractivity contribution is 0.411. The number of nitrogens with one attached hydrogen (secondary N) is 1. The number of nitrogens with zero attached hydrogens (tertiary/aromatic N) is 2. The summed E-state index contributed by atoms with van der Waals surface area (Å²) >= 11 is 1.51. The second kappa shape index (κ2) is 6.74. The van der Waals surface area contributed by atoms with E-state index in [-0.39, 0.29) is 11.5 Å². The van der Waals surface area contributed by atoms with Gasteiger partial charge >= 0.3 is 0 Å². The first kappa shape index (κ1) is 16.7. The molecule has 0 saturated carbocycles. The van der Waals surface area contributed by atoms with Gasteiger partial charge in [0.2, 0.25) is 0 Å². The summed E-state index contributed by atoms with van der Waals surface area (Å²) in [5, 5.41) is 8.72. The second-order valence-corrected chi connectivity index (χ2v) is 8.44. The van der Waals surface area contributed by atoms with Crippen LogP contribution in [-0.2, 0) is 21.3 Å². The molecule has 0 amide bonds. The molecule has 2 heterocycles. The van der Waals surface area contributed by atoms with Gasteiger partial charge in [0.15, 0.2) is 15.7 Å². The molecule has 0 aliphatic heterocycles. The monoisotopic (exact) mass is 363 g/mol. The maximum Gasteiger partial charge on any atom is 0.191 e. The highest BCUT2D eigenvalue weighted by Crippen LogP contribution is 2.24. The fraction of sp³-hybridized carbons (Fsp3) is 0.250. The summed E-state index contributed by atoms with van der Waals surface area (Å²) < 4.78 is 30.3. The largest absolute Gasteiger partial charge is 0.496 e. The van der Waals surface area contributed by atoms with Gasteiger partial charge in [-0.1, -0.05) is 23.8 Å². The topological polar surface area (TPSA) is 84.9 Å². The van der Waals surface area contributed by atoms with Gasteiger partial charge in [0.1, 0.15) is 17.3 Å². The SMILES string of the molecule is COc1ccc(C)cc1CS(=O)(=O)Cc1nc(-c2cccs2)n[nH]1. The van der Waals surface area contributed by atoms with Crippen LogP contribution in [0.25, 0.3) is 10.7 Å². The van der Waals surface area contributed by atoms with Gasteiger partial charge in [-0.25, -0.2) is 13.4 Å². The van der Waals surface area contributed by atoms with Gasteiger partial charge < -0.3 is 4.74 Å². The first-order valence-electron chi connectivity index (χ1n) is 7.26. The molecule has 2 aromatic heterocycles. The second-order valence-electron chi connectivity index (χ2n) is 5.43. The van der Waals surface area contributed by atoms with E-state index in [1.165, 1.54) is 18.4 Å². The van der Waals surface area contributed by atoms with Gasteiger partial charge in [-0.05, 0) is 24.4 Å². The molecule has 0 aliphatic rings. The highest BCUT2D eigenvalue weighted by molar-refractivity contribution is 7.89. The van der Waals surface area contributed by atoms with Crippen molar-refractivity contribution in [1.29, 1.82) is 0 Å². The molecule has 3 rings (SSSR count). The van der Waals surface area contributed by atoms with Crippen LogP contribution in [-0.4, -0.2) is 30.7 Å². The Bertz CT molecular complexity index is 931. The average molecular weight is 363 g/mol. The predicted molar refractivity (Wildman–Crippen MR) is 93.8 cm³/mol. The molecule has 1 aromatic carbocycles. The smallest absolute Gasteiger partial charge is 0.191 e. The number of benzene rings is 1. The molecule has 24 heavy (non-hydrogen) atoms. The Labute approximate surface area is 144 Å². The maximum atomic E-state index is 12.5. The van der Waals surface area contributed by atoms with Crippen LogP contribution in [0.5, 0.6) is 5.75 Å². The van der Waals surface area contributed by atoms with E-state index < -0.39 is 9.84 Å². The number of aromatic nitrogens is 3. The van der Waals surface area contributed by atoms with E-state index >= 15 is 0 Å². The Morgan fingerprint density at radius 1 is 1.25 bits per heavy atom. The molecule has 0 radical (unpaired) electrons. The third kappa shape index (κ3) is 3.82. The lowest BCUT2D eigenvalue weighted by Crippen LogP contribution is -2.10. The standard InChI is InChI=1S/C16H17N3O3S2/c1-11-5-6-13(22-2)12(8-11)9-24(20,21)10-15-17-16(19-18-15)14-4-3-7-23-14/h3-8H,9-10H2,1-2H3,(H,17,18,19). The van der Waals surface area contributed by atoms with Gasteiger partial charge in [-0.15, -0.1) is 11.3 Å². The third-order valence-corrected chi connectivity index (χ3v) is 5.77. The van der Waals surface area contributed by atoms with Crippen LogP contribution in [0.15, 0.2) is 35.7 Å². The van der Waals surface area contributed by atoms with Crippen LogP contribution in [0, 0.1) is 6.92 Å². The van der Waals surface area contributed by atoms with E-state index in [0.29, 0.717) is 23.0 Å². The molecular weight excluding hydrogens is 346 g/mol. The molecule has 0 fully saturated rings. The van der Waals surface area contributed by atoms with Gasteiger partial charge in [0, 0.05) is 5.56 Å². The molecule has 0 atom stereocenters. The average Bonchev–Trinajstić information content (AvgIpc) is 3.17. The van der Waals surface area contributed by atoms with Gasteiger partial charge in [0.05, 0.1) is 17.7 Å². The Morgan fingerprint density at radius 2 is 2.08 bits per heavy atom. The van der Waals surface area contributed by atoms with Crippen molar-refractivity contribution >= 4 is 21.2 Å². The number of aryl methyl sites for hydroxylation is 1. The van der Waals surface area contributed by atoms with Gasteiger partial charge in [0.25, 0.3) is 0 Å². The lowest BCUT2D eigenvalue weighted by atomic mass is 10.1. The predicted octanol–water partition coefficient (Wildman–Crippen LogP) is 2.97. The molecule has 126 valence electrons. The van der Waals surface area contributed by atoms with E-state index in [1.807, 2.05) is 36.6 Å². The first-order chi connectivity index (χ1) is 11.5. The summed E-state index contributed by atoms with van der Waals surface area (Å²) in [6, 6.07) is 9.29. The number of rotatable bonds is 6. The summed E-state index contributed by atoms with van der Waals surface area (Å²) in [7, 11) is -1.87. The molecule has 0 aliphatic carbocycles.